The number of amides is 2. The Balaban J connectivity index is 5.15. The summed E-state index contributed by atoms with van der Waals surface area (Å²) in [6.07, 6.45) is 3.77. The van der Waals surface area contributed by atoms with Crippen molar-refractivity contribution in [3.05, 3.63) is 12.8 Å². The zero-order valence-corrected chi connectivity index (χ0v) is 15.4. The van der Waals surface area contributed by atoms with E-state index in [0.717, 1.165) is 17.9 Å². The van der Waals surface area contributed by atoms with Crippen LogP contribution in [0.15, 0.2) is 12.8 Å². The lowest BCUT2D eigenvalue weighted by Gasteiger charge is -2.33. The van der Waals surface area contributed by atoms with Gasteiger partial charge in [-0.3, -0.25) is 19.9 Å². The minimum absolute atomic E-state index is 0.135. The summed E-state index contributed by atoms with van der Waals surface area (Å²) in [6, 6.07) is -0.606. The van der Waals surface area contributed by atoms with Crippen molar-refractivity contribution in [2.45, 2.75) is 53.0 Å². The summed E-state index contributed by atoms with van der Waals surface area (Å²) in [5, 5.41) is 13.4. The number of hydrogen-bond donors (Lipinski definition) is 2. The number of nitrogens with zero attached hydrogens (tertiary/aromatic N) is 2. The average molecular weight is 327 g/mol. The van der Waals surface area contributed by atoms with Crippen LogP contribution in [0.25, 0.3) is 0 Å². The Morgan fingerprint density at radius 3 is 2.26 bits per heavy atom. The van der Waals surface area contributed by atoms with Crippen LogP contribution < -0.4 is 5.32 Å². The maximum Gasteiger partial charge on any atom is 0.245 e. The number of likely N-dealkylation sites (N-methyl/N-ethyl adjacent to an activating group) is 1. The topological polar surface area (TPSA) is 72.9 Å². The Bertz CT molecular complexity index is 402. The van der Waals surface area contributed by atoms with Crippen molar-refractivity contribution in [3.8, 4) is 0 Å². The van der Waals surface area contributed by atoms with E-state index in [4.69, 9.17) is 0 Å². The van der Waals surface area contributed by atoms with Crippen LogP contribution in [0.3, 0.4) is 0 Å². The smallest absolute Gasteiger partial charge is 0.245 e. The van der Waals surface area contributed by atoms with Gasteiger partial charge < -0.3 is 10.2 Å². The Morgan fingerprint density at radius 2 is 1.87 bits per heavy atom. The van der Waals surface area contributed by atoms with E-state index in [0.29, 0.717) is 6.42 Å². The van der Waals surface area contributed by atoms with Crippen LogP contribution >= 0.6 is 0 Å². The van der Waals surface area contributed by atoms with Crippen LogP contribution in [-0.2, 0) is 9.59 Å². The van der Waals surface area contributed by atoms with E-state index >= 15 is 0 Å². The molecule has 0 saturated carbocycles. The van der Waals surface area contributed by atoms with Gasteiger partial charge in [-0.05, 0) is 11.8 Å². The molecule has 0 fully saturated rings. The van der Waals surface area contributed by atoms with E-state index in [1.54, 1.807) is 14.1 Å². The quantitative estimate of drug-likeness (QED) is 0.637. The van der Waals surface area contributed by atoms with Gasteiger partial charge in [-0.1, -0.05) is 47.1 Å². The predicted molar refractivity (Wildman–Crippen MR) is 91.8 cm³/mol. The molecule has 0 aromatic rings. The molecule has 2 amide bonds. The van der Waals surface area contributed by atoms with Crippen molar-refractivity contribution >= 4 is 11.8 Å². The molecule has 0 spiro atoms. The summed E-state index contributed by atoms with van der Waals surface area (Å²) in [5.74, 6) is -0.739. The first kappa shape index (κ1) is 21.4. The molecule has 23 heavy (non-hydrogen) atoms. The van der Waals surface area contributed by atoms with Gasteiger partial charge in [-0.2, -0.15) is 0 Å². The molecule has 0 unspecified atom stereocenters. The summed E-state index contributed by atoms with van der Waals surface area (Å²) in [7, 11) is 3.35. The van der Waals surface area contributed by atoms with Crippen molar-refractivity contribution in [1.82, 2.24) is 15.3 Å². The van der Waals surface area contributed by atoms with Gasteiger partial charge in [0.25, 0.3) is 0 Å². The van der Waals surface area contributed by atoms with Crippen LogP contribution in [0.5, 0.6) is 0 Å². The largest absolute Gasteiger partial charge is 0.347 e. The summed E-state index contributed by atoms with van der Waals surface area (Å²) >= 11 is 0. The second-order valence-electron chi connectivity index (χ2n) is 7.18. The van der Waals surface area contributed by atoms with Gasteiger partial charge in [0.15, 0.2) is 0 Å². The van der Waals surface area contributed by atoms with Gasteiger partial charge >= 0.3 is 0 Å². The highest BCUT2D eigenvalue weighted by atomic mass is 16.5. The first-order valence-electron chi connectivity index (χ1n) is 8.14. The zero-order valence-electron chi connectivity index (χ0n) is 15.4. The predicted octanol–water partition coefficient (Wildman–Crippen LogP) is 2.25. The number of carbonyl (C=O) groups is 2. The molecule has 0 aliphatic heterocycles. The SMILES string of the molecule is C=CN(O)C[C@H](CCCC)C(=O)N[C@H](C(=O)N(C)C)C(C)(C)C. The van der Waals surface area contributed by atoms with E-state index in [2.05, 4.69) is 11.9 Å². The summed E-state index contributed by atoms with van der Waals surface area (Å²) < 4.78 is 0. The monoisotopic (exact) mass is 327 g/mol. The molecule has 0 aromatic carbocycles. The van der Waals surface area contributed by atoms with E-state index < -0.39 is 17.4 Å². The molecular weight excluding hydrogens is 294 g/mol. The van der Waals surface area contributed by atoms with Crippen LogP contribution in [0.2, 0.25) is 0 Å². The van der Waals surface area contributed by atoms with E-state index in [1.807, 2.05) is 27.7 Å². The molecule has 6 heteroatoms. The maximum absolute atomic E-state index is 12.6. The molecule has 0 radical (unpaired) electrons. The van der Waals surface area contributed by atoms with E-state index in [1.165, 1.54) is 11.1 Å². The Morgan fingerprint density at radius 1 is 1.30 bits per heavy atom. The molecule has 0 aromatic heterocycles. The van der Waals surface area contributed by atoms with Gasteiger partial charge in [0.1, 0.15) is 6.04 Å². The highest BCUT2D eigenvalue weighted by Crippen LogP contribution is 2.22. The second kappa shape index (κ2) is 9.55. The van der Waals surface area contributed by atoms with Crippen molar-refractivity contribution < 1.29 is 14.8 Å². The van der Waals surface area contributed by atoms with Crippen LogP contribution in [0.1, 0.15) is 47.0 Å². The highest BCUT2D eigenvalue weighted by Gasteiger charge is 2.35. The number of hydroxylamine groups is 2. The molecule has 2 N–H and O–H groups in total. The molecule has 0 aliphatic carbocycles. The molecular formula is C17H33N3O3. The number of nitrogens with one attached hydrogen (secondary N) is 1. The molecule has 0 rings (SSSR count). The lowest BCUT2D eigenvalue weighted by Crippen LogP contribution is -2.55. The Hall–Kier alpha value is -1.56. The Kier molecular flexibility index (Phi) is 8.90. The van der Waals surface area contributed by atoms with Crippen molar-refractivity contribution in [3.63, 3.8) is 0 Å². The van der Waals surface area contributed by atoms with Crippen molar-refractivity contribution in [2.75, 3.05) is 20.6 Å². The minimum Gasteiger partial charge on any atom is -0.347 e. The number of rotatable bonds is 9. The van der Waals surface area contributed by atoms with Crippen LogP contribution in [0.4, 0.5) is 0 Å². The van der Waals surface area contributed by atoms with Gasteiger partial charge in [0.2, 0.25) is 11.8 Å². The maximum atomic E-state index is 12.6. The Labute approximate surface area is 140 Å². The number of hydrogen-bond acceptors (Lipinski definition) is 4. The fourth-order valence-corrected chi connectivity index (χ4v) is 2.22. The van der Waals surface area contributed by atoms with Gasteiger partial charge in [-0.25, -0.2) is 0 Å². The van der Waals surface area contributed by atoms with Crippen molar-refractivity contribution in [2.24, 2.45) is 11.3 Å². The minimum atomic E-state index is -0.606. The third-order valence-electron chi connectivity index (χ3n) is 3.74. The standard InChI is InChI=1S/C17H33N3O3/c1-8-10-11-13(12-20(23)9-2)15(21)18-14(17(3,4)5)16(22)19(6)7/h9,13-14,23H,2,8,10-12H2,1,3-7H3,(H,18,21)/t13-,14+/m0/s1. The molecule has 134 valence electrons. The lowest BCUT2D eigenvalue weighted by atomic mass is 9.85. The first-order chi connectivity index (χ1) is 10.5. The average Bonchev–Trinajstić information content (AvgIpc) is 2.46. The number of carbonyl (C=O) groups excluding carboxylic acids is 2. The van der Waals surface area contributed by atoms with Crippen LogP contribution in [0, 0.1) is 11.3 Å². The lowest BCUT2D eigenvalue weighted by molar-refractivity contribution is -0.140. The van der Waals surface area contributed by atoms with Gasteiger partial charge in [-0.15, -0.1) is 0 Å². The third kappa shape index (κ3) is 7.50. The third-order valence-corrected chi connectivity index (χ3v) is 3.74. The fraction of sp³-hybridized carbons (Fsp3) is 0.765. The second-order valence-corrected chi connectivity index (χ2v) is 7.18. The summed E-state index contributed by atoms with van der Waals surface area (Å²) in [5.41, 5.74) is -0.399. The molecule has 0 bridgehead atoms. The normalized spacial score (nSPS) is 13.9. The number of unbranched alkanes of at least 4 members (excludes halogenated alkanes) is 1. The molecule has 0 saturated heterocycles. The highest BCUT2D eigenvalue weighted by molar-refractivity contribution is 5.89. The van der Waals surface area contributed by atoms with E-state index in [-0.39, 0.29) is 18.4 Å². The zero-order chi connectivity index (χ0) is 18.2. The first-order valence-corrected chi connectivity index (χ1v) is 8.14. The van der Waals surface area contributed by atoms with Gasteiger partial charge in [0.05, 0.1) is 12.5 Å². The summed E-state index contributed by atoms with van der Waals surface area (Å²) in [6.45, 7) is 11.5. The molecule has 0 heterocycles. The van der Waals surface area contributed by atoms with E-state index in [9.17, 15) is 14.8 Å². The molecule has 0 aliphatic rings. The molecule has 2 atom stereocenters. The van der Waals surface area contributed by atoms with Crippen LogP contribution in [-0.4, -0.2) is 53.7 Å². The van der Waals surface area contributed by atoms with Gasteiger partial charge in [0, 0.05) is 20.3 Å². The molecule has 6 nitrogen and oxygen atoms in total. The van der Waals surface area contributed by atoms with Crippen molar-refractivity contribution in [1.29, 1.82) is 0 Å². The summed E-state index contributed by atoms with van der Waals surface area (Å²) in [4.78, 5) is 26.5. The fourth-order valence-electron chi connectivity index (χ4n) is 2.22.